The van der Waals surface area contributed by atoms with Gasteiger partial charge in [0.15, 0.2) is 5.78 Å². The zero-order chi connectivity index (χ0) is 18.4. The van der Waals surface area contributed by atoms with E-state index in [1.807, 2.05) is 43.3 Å². The molecule has 0 aliphatic carbocycles. The Kier molecular flexibility index (Phi) is 6.76. The van der Waals surface area contributed by atoms with Crippen molar-refractivity contribution in [3.8, 4) is 0 Å². The molecule has 0 unspecified atom stereocenters. The van der Waals surface area contributed by atoms with Crippen LogP contribution in [-0.4, -0.2) is 24.3 Å². The van der Waals surface area contributed by atoms with Gasteiger partial charge in [-0.25, -0.2) is 0 Å². The van der Waals surface area contributed by atoms with Crippen LogP contribution in [0.25, 0.3) is 0 Å². The minimum atomic E-state index is -0.134. The molecular weight excluding hydrogens is 332 g/mol. The first kappa shape index (κ1) is 19.2. The highest BCUT2D eigenvalue weighted by atomic mass is 32.1. The van der Waals surface area contributed by atoms with E-state index in [1.54, 1.807) is 0 Å². The number of thiophene rings is 1. The third-order valence-corrected chi connectivity index (χ3v) is 5.08. The molecule has 0 bridgehead atoms. The number of rotatable bonds is 8. The molecule has 0 saturated carbocycles. The van der Waals surface area contributed by atoms with Crippen molar-refractivity contribution >= 4 is 34.4 Å². The number of Topliss-reactive ketones (excluding diaryl/α,β-unsaturated/α-hetero) is 1. The first-order valence-electron chi connectivity index (χ1n) is 8.67. The highest BCUT2D eigenvalue weighted by Crippen LogP contribution is 2.21. The molecular formula is C20H26N2O2S. The lowest BCUT2D eigenvalue weighted by Crippen LogP contribution is -2.30. The summed E-state index contributed by atoms with van der Waals surface area (Å²) in [7, 11) is 0. The average Bonchev–Trinajstić information content (AvgIpc) is 3.01. The molecule has 0 fully saturated rings. The SMILES string of the molecule is CCN(c1ccc(NC(=O)CCC(=O)c2ccc(C)s2)cc1)C(C)C. The number of aryl methyl sites for hydroxylation is 1. The van der Waals surface area contributed by atoms with E-state index in [9.17, 15) is 9.59 Å². The predicted molar refractivity (Wildman–Crippen MR) is 106 cm³/mol. The smallest absolute Gasteiger partial charge is 0.224 e. The van der Waals surface area contributed by atoms with Crippen LogP contribution in [0.15, 0.2) is 36.4 Å². The van der Waals surface area contributed by atoms with Crippen LogP contribution in [0.5, 0.6) is 0 Å². The quantitative estimate of drug-likeness (QED) is 0.683. The van der Waals surface area contributed by atoms with Gasteiger partial charge in [0.2, 0.25) is 5.91 Å². The van der Waals surface area contributed by atoms with Crippen LogP contribution in [0.3, 0.4) is 0 Å². The van der Waals surface area contributed by atoms with E-state index in [4.69, 9.17) is 0 Å². The fourth-order valence-corrected chi connectivity index (χ4v) is 3.58. The van der Waals surface area contributed by atoms with Gasteiger partial charge in [0.25, 0.3) is 0 Å². The van der Waals surface area contributed by atoms with E-state index in [0.29, 0.717) is 6.04 Å². The molecule has 5 heteroatoms. The van der Waals surface area contributed by atoms with E-state index in [-0.39, 0.29) is 24.5 Å². The van der Waals surface area contributed by atoms with Crippen molar-refractivity contribution in [1.82, 2.24) is 0 Å². The Balaban J connectivity index is 1.87. The first-order valence-corrected chi connectivity index (χ1v) is 9.48. The van der Waals surface area contributed by atoms with Gasteiger partial charge < -0.3 is 10.2 Å². The number of nitrogens with zero attached hydrogens (tertiary/aromatic N) is 1. The molecule has 134 valence electrons. The molecule has 1 aromatic carbocycles. The second-order valence-corrected chi connectivity index (χ2v) is 7.60. The van der Waals surface area contributed by atoms with Crippen molar-refractivity contribution in [2.45, 2.75) is 46.6 Å². The normalized spacial score (nSPS) is 10.8. The number of anilines is 2. The van der Waals surface area contributed by atoms with Crippen molar-refractivity contribution in [3.63, 3.8) is 0 Å². The molecule has 1 N–H and O–H groups in total. The monoisotopic (exact) mass is 358 g/mol. The molecule has 0 spiro atoms. The van der Waals surface area contributed by atoms with Crippen molar-refractivity contribution in [2.75, 3.05) is 16.8 Å². The molecule has 1 heterocycles. The average molecular weight is 359 g/mol. The lowest BCUT2D eigenvalue weighted by atomic mass is 10.2. The second-order valence-electron chi connectivity index (χ2n) is 6.31. The van der Waals surface area contributed by atoms with E-state index in [1.165, 1.54) is 11.3 Å². The molecule has 0 aliphatic rings. The maximum Gasteiger partial charge on any atom is 0.224 e. The number of hydrogen-bond acceptors (Lipinski definition) is 4. The van der Waals surface area contributed by atoms with E-state index >= 15 is 0 Å². The first-order chi connectivity index (χ1) is 11.9. The highest BCUT2D eigenvalue weighted by Gasteiger charge is 2.12. The minimum absolute atomic E-state index is 0.0270. The van der Waals surface area contributed by atoms with E-state index in [0.717, 1.165) is 27.7 Å². The molecule has 0 saturated heterocycles. The summed E-state index contributed by atoms with van der Waals surface area (Å²) < 4.78 is 0. The molecule has 1 amide bonds. The van der Waals surface area contributed by atoms with Gasteiger partial charge in [-0.05, 0) is 64.1 Å². The molecule has 2 rings (SSSR count). The zero-order valence-corrected chi connectivity index (χ0v) is 16.2. The van der Waals surface area contributed by atoms with Gasteiger partial charge in [0, 0.05) is 41.7 Å². The van der Waals surface area contributed by atoms with Crippen LogP contribution in [-0.2, 0) is 4.79 Å². The van der Waals surface area contributed by atoms with Gasteiger partial charge in [0.05, 0.1) is 4.88 Å². The topological polar surface area (TPSA) is 49.4 Å². The number of nitrogens with one attached hydrogen (secondary N) is 1. The zero-order valence-electron chi connectivity index (χ0n) is 15.3. The lowest BCUT2D eigenvalue weighted by Gasteiger charge is -2.27. The summed E-state index contributed by atoms with van der Waals surface area (Å²) in [5.41, 5.74) is 1.90. The van der Waals surface area contributed by atoms with E-state index in [2.05, 4.69) is 31.0 Å². The molecule has 1 aromatic heterocycles. The summed E-state index contributed by atoms with van der Waals surface area (Å²) in [5, 5.41) is 2.86. The number of carbonyl (C=O) groups is 2. The molecule has 4 nitrogen and oxygen atoms in total. The van der Waals surface area contributed by atoms with Crippen molar-refractivity contribution < 1.29 is 9.59 Å². The van der Waals surface area contributed by atoms with Gasteiger partial charge in [-0.3, -0.25) is 9.59 Å². The van der Waals surface area contributed by atoms with Gasteiger partial charge >= 0.3 is 0 Å². The highest BCUT2D eigenvalue weighted by molar-refractivity contribution is 7.14. The molecule has 0 atom stereocenters. The molecule has 2 aromatic rings. The van der Waals surface area contributed by atoms with Crippen LogP contribution in [0.4, 0.5) is 11.4 Å². The van der Waals surface area contributed by atoms with Gasteiger partial charge in [-0.15, -0.1) is 11.3 Å². The van der Waals surface area contributed by atoms with Gasteiger partial charge in [0.1, 0.15) is 0 Å². The van der Waals surface area contributed by atoms with Crippen LogP contribution in [0.1, 0.15) is 48.2 Å². The summed E-state index contributed by atoms with van der Waals surface area (Å²) in [6.07, 6.45) is 0.436. The lowest BCUT2D eigenvalue weighted by molar-refractivity contribution is -0.116. The predicted octanol–water partition coefficient (Wildman–Crippen LogP) is 4.89. The fraction of sp³-hybridized carbons (Fsp3) is 0.400. The van der Waals surface area contributed by atoms with Crippen LogP contribution in [0.2, 0.25) is 0 Å². The number of benzene rings is 1. The molecule has 0 radical (unpaired) electrons. The van der Waals surface area contributed by atoms with Crippen molar-refractivity contribution in [3.05, 3.63) is 46.2 Å². The van der Waals surface area contributed by atoms with Crippen LogP contribution < -0.4 is 10.2 Å². The fourth-order valence-electron chi connectivity index (χ4n) is 2.74. The Labute approximate surface area is 153 Å². The number of amides is 1. The summed E-state index contributed by atoms with van der Waals surface area (Å²) in [6, 6.07) is 12.0. The summed E-state index contributed by atoms with van der Waals surface area (Å²) in [6.45, 7) is 9.35. The number of carbonyl (C=O) groups excluding carboxylic acids is 2. The summed E-state index contributed by atoms with van der Waals surface area (Å²) >= 11 is 1.47. The standard InChI is InChI=1S/C20H26N2O2S/c1-5-22(14(2)3)17-9-7-16(8-10-17)21-20(24)13-11-18(23)19-12-6-15(4)25-19/h6-10,12,14H,5,11,13H2,1-4H3,(H,21,24). The summed E-state index contributed by atoms with van der Waals surface area (Å²) in [5.74, 6) is -0.107. The Morgan fingerprint density at radius 2 is 1.76 bits per heavy atom. The van der Waals surface area contributed by atoms with Gasteiger partial charge in [-0.1, -0.05) is 0 Å². The van der Waals surface area contributed by atoms with Crippen LogP contribution in [0, 0.1) is 6.92 Å². The van der Waals surface area contributed by atoms with E-state index < -0.39 is 0 Å². The van der Waals surface area contributed by atoms with Crippen molar-refractivity contribution in [2.24, 2.45) is 0 Å². The Morgan fingerprint density at radius 3 is 2.28 bits per heavy atom. The maximum atomic E-state index is 12.1. The molecule has 25 heavy (non-hydrogen) atoms. The summed E-state index contributed by atoms with van der Waals surface area (Å²) in [4.78, 5) is 28.2. The number of hydrogen-bond donors (Lipinski definition) is 1. The third-order valence-electron chi connectivity index (χ3n) is 4.04. The molecule has 0 aliphatic heterocycles. The van der Waals surface area contributed by atoms with Gasteiger partial charge in [-0.2, -0.15) is 0 Å². The largest absolute Gasteiger partial charge is 0.369 e. The Hall–Kier alpha value is -2.14. The van der Waals surface area contributed by atoms with Crippen LogP contribution >= 0.6 is 11.3 Å². The maximum absolute atomic E-state index is 12.1. The Bertz CT molecular complexity index is 720. The Morgan fingerprint density at radius 1 is 1.08 bits per heavy atom. The van der Waals surface area contributed by atoms with Crippen molar-refractivity contribution in [1.29, 1.82) is 0 Å². The number of ketones is 1. The second kappa shape index (κ2) is 8.81. The minimum Gasteiger partial charge on any atom is -0.369 e. The third kappa shape index (κ3) is 5.43.